The van der Waals surface area contributed by atoms with Crippen molar-refractivity contribution in [3.8, 4) is 0 Å². The first-order valence-electron chi connectivity index (χ1n) is 6.79. The molecule has 3 heteroatoms. The van der Waals surface area contributed by atoms with E-state index in [1.54, 1.807) is 0 Å². The van der Waals surface area contributed by atoms with Crippen LogP contribution >= 0.6 is 11.6 Å². The summed E-state index contributed by atoms with van der Waals surface area (Å²) in [5, 5.41) is 0.752. The maximum Gasteiger partial charge on any atom is 0.223 e. The van der Waals surface area contributed by atoms with Gasteiger partial charge in [-0.2, -0.15) is 0 Å². The monoisotopic (exact) mass is 263 g/mol. The van der Waals surface area contributed by atoms with Crippen LogP contribution in [0.1, 0.15) is 37.7 Å². The summed E-state index contributed by atoms with van der Waals surface area (Å²) >= 11 is 5.85. The number of nitrogens with zero attached hydrogens (tertiary/aromatic N) is 1. The highest BCUT2D eigenvalue weighted by molar-refractivity contribution is 6.30. The summed E-state index contributed by atoms with van der Waals surface area (Å²) in [5.74, 6) is 0.343. The van der Waals surface area contributed by atoms with Crippen molar-refractivity contribution in [3.05, 3.63) is 34.9 Å². The third-order valence-corrected chi connectivity index (χ3v) is 4.53. The summed E-state index contributed by atoms with van der Waals surface area (Å²) in [4.78, 5) is 14.4. The molecule has 1 aromatic carbocycles. The third kappa shape index (κ3) is 2.26. The minimum absolute atomic E-state index is 0.343. The lowest BCUT2D eigenvalue weighted by molar-refractivity contribution is -0.132. The Kier molecular flexibility index (Phi) is 3.29. The van der Waals surface area contributed by atoms with Gasteiger partial charge in [0.15, 0.2) is 0 Å². The largest absolute Gasteiger partial charge is 0.337 e. The van der Waals surface area contributed by atoms with Crippen LogP contribution in [0.25, 0.3) is 0 Å². The SMILES string of the molecule is O=C(CCc1ccc(Cl)cc1)N1C2CCC1CC2. The van der Waals surface area contributed by atoms with Crippen molar-refractivity contribution in [2.45, 2.75) is 50.6 Å². The van der Waals surface area contributed by atoms with Gasteiger partial charge in [0.2, 0.25) is 5.91 Å². The first kappa shape index (κ1) is 12.0. The van der Waals surface area contributed by atoms with Crippen molar-refractivity contribution >= 4 is 17.5 Å². The normalized spacial score (nSPS) is 25.7. The average molecular weight is 264 g/mol. The molecule has 0 saturated carbocycles. The minimum Gasteiger partial charge on any atom is -0.337 e. The van der Waals surface area contributed by atoms with E-state index >= 15 is 0 Å². The molecule has 2 bridgehead atoms. The zero-order valence-electron chi connectivity index (χ0n) is 10.4. The van der Waals surface area contributed by atoms with E-state index in [4.69, 9.17) is 11.6 Å². The Bertz CT molecular complexity index is 422. The maximum atomic E-state index is 12.2. The van der Waals surface area contributed by atoms with E-state index < -0.39 is 0 Å². The average Bonchev–Trinajstić information content (AvgIpc) is 2.97. The van der Waals surface area contributed by atoms with Gasteiger partial charge in [0, 0.05) is 23.5 Å². The molecule has 2 fully saturated rings. The topological polar surface area (TPSA) is 20.3 Å². The number of benzene rings is 1. The number of halogens is 1. The zero-order chi connectivity index (χ0) is 12.5. The lowest BCUT2D eigenvalue weighted by Crippen LogP contribution is -2.35. The molecule has 0 atom stereocenters. The summed E-state index contributed by atoms with van der Waals surface area (Å²) < 4.78 is 0. The van der Waals surface area contributed by atoms with Crippen molar-refractivity contribution in [1.82, 2.24) is 4.90 Å². The number of aryl methyl sites for hydroxylation is 1. The second-order valence-electron chi connectivity index (χ2n) is 5.39. The molecule has 1 aromatic rings. The molecule has 1 amide bonds. The van der Waals surface area contributed by atoms with Gasteiger partial charge in [-0.25, -0.2) is 0 Å². The Labute approximate surface area is 113 Å². The van der Waals surface area contributed by atoms with E-state index in [0.717, 1.165) is 11.4 Å². The van der Waals surface area contributed by atoms with Gasteiger partial charge in [-0.15, -0.1) is 0 Å². The van der Waals surface area contributed by atoms with Gasteiger partial charge in [-0.1, -0.05) is 23.7 Å². The lowest BCUT2D eigenvalue weighted by atomic mass is 10.0. The molecular formula is C15H18ClNO. The predicted molar refractivity (Wildman–Crippen MR) is 72.7 cm³/mol. The first-order valence-corrected chi connectivity index (χ1v) is 7.17. The molecule has 0 radical (unpaired) electrons. The number of hydrogen-bond acceptors (Lipinski definition) is 1. The van der Waals surface area contributed by atoms with E-state index in [1.807, 2.05) is 24.3 Å². The zero-order valence-corrected chi connectivity index (χ0v) is 11.2. The number of hydrogen-bond donors (Lipinski definition) is 0. The highest BCUT2D eigenvalue weighted by atomic mass is 35.5. The molecule has 0 aromatic heterocycles. The Morgan fingerprint density at radius 3 is 2.22 bits per heavy atom. The summed E-state index contributed by atoms with van der Waals surface area (Å²) in [6.45, 7) is 0. The number of amides is 1. The van der Waals surface area contributed by atoms with Crippen LogP contribution in [0.5, 0.6) is 0 Å². The van der Waals surface area contributed by atoms with Gasteiger partial charge in [0.1, 0.15) is 0 Å². The van der Waals surface area contributed by atoms with Crippen molar-refractivity contribution in [2.24, 2.45) is 0 Å². The van der Waals surface area contributed by atoms with E-state index in [-0.39, 0.29) is 0 Å². The molecule has 0 unspecified atom stereocenters. The number of carbonyl (C=O) groups excluding carboxylic acids is 1. The summed E-state index contributed by atoms with van der Waals surface area (Å²) in [7, 11) is 0. The van der Waals surface area contributed by atoms with Crippen molar-refractivity contribution in [2.75, 3.05) is 0 Å². The van der Waals surface area contributed by atoms with E-state index in [9.17, 15) is 4.79 Å². The molecule has 0 N–H and O–H groups in total. The van der Waals surface area contributed by atoms with Crippen LogP contribution in [-0.2, 0) is 11.2 Å². The Balaban J connectivity index is 1.57. The quantitative estimate of drug-likeness (QED) is 0.818. The van der Waals surface area contributed by atoms with Crippen LogP contribution in [0.15, 0.2) is 24.3 Å². The van der Waals surface area contributed by atoms with Gasteiger partial charge in [-0.3, -0.25) is 4.79 Å². The number of rotatable bonds is 3. The van der Waals surface area contributed by atoms with Crippen LogP contribution in [0.2, 0.25) is 5.02 Å². The molecule has 96 valence electrons. The standard InChI is InChI=1S/C15H18ClNO/c16-12-4-1-11(2-5-12)3-10-15(18)17-13-6-7-14(17)9-8-13/h1-2,4-5,13-14H,3,6-10H2. The molecule has 3 rings (SSSR count). The van der Waals surface area contributed by atoms with Gasteiger partial charge >= 0.3 is 0 Å². The Hall–Kier alpha value is -1.02. The minimum atomic E-state index is 0.343. The first-order chi connectivity index (χ1) is 8.74. The molecule has 2 aliphatic heterocycles. The number of fused-ring (bicyclic) bond motifs is 2. The molecule has 2 nitrogen and oxygen atoms in total. The summed E-state index contributed by atoms with van der Waals surface area (Å²) in [6.07, 6.45) is 6.34. The molecule has 2 saturated heterocycles. The fraction of sp³-hybridized carbons (Fsp3) is 0.533. The lowest BCUT2D eigenvalue weighted by Gasteiger charge is -2.22. The van der Waals surface area contributed by atoms with Gasteiger partial charge in [-0.05, 0) is 49.8 Å². The van der Waals surface area contributed by atoms with Crippen molar-refractivity contribution < 1.29 is 4.79 Å². The van der Waals surface area contributed by atoms with E-state index in [0.29, 0.717) is 24.4 Å². The number of carbonyl (C=O) groups is 1. The molecule has 2 heterocycles. The van der Waals surface area contributed by atoms with E-state index in [2.05, 4.69) is 4.90 Å². The second kappa shape index (κ2) is 4.93. The van der Waals surface area contributed by atoms with Crippen LogP contribution in [0, 0.1) is 0 Å². The molecular weight excluding hydrogens is 246 g/mol. The predicted octanol–water partition coefficient (Wildman–Crippen LogP) is 3.43. The summed E-state index contributed by atoms with van der Waals surface area (Å²) in [6, 6.07) is 8.89. The van der Waals surface area contributed by atoms with Crippen LogP contribution in [-0.4, -0.2) is 22.9 Å². The third-order valence-electron chi connectivity index (χ3n) is 4.28. The highest BCUT2D eigenvalue weighted by Crippen LogP contribution is 2.37. The van der Waals surface area contributed by atoms with Crippen molar-refractivity contribution in [3.63, 3.8) is 0 Å². The van der Waals surface area contributed by atoms with Crippen molar-refractivity contribution in [1.29, 1.82) is 0 Å². The smallest absolute Gasteiger partial charge is 0.223 e. The fourth-order valence-electron chi connectivity index (χ4n) is 3.35. The van der Waals surface area contributed by atoms with Gasteiger partial charge < -0.3 is 4.90 Å². The summed E-state index contributed by atoms with van der Waals surface area (Å²) in [5.41, 5.74) is 1.19. The van der Waals surface area contributed by atoms with Crippen LogP contribution in [0.4, 0.5) is 0 Å². The molecule has 2 aliphatic rings. The fourth-order valence-corrected chi connectivity index (χ4v) is 3.48. The molecule has 0 spiro atoms. The Morgan fingerprint density at radius 1 is 1.11 bits per heavy atom. The highest BCUT2D eigenvalue weighted by Gasteiger charge is 2.41. The van der Waals surface area contributed by atoms with E-state index in [1.165, 1.54) is 31.2 Å². The van der Waals surface area contributed by atoms with Gasteiger partial charge in [0.25, 0.3) is 0 Å². The second-order valence-corrected chi connectivity index (χ2v) is 5.83. The molecule has 18 heavy (non-hydrogen) atoms. The Morgan fingerprint density at radius 2 is 1.67 bits per heavy atom. The molecule has 0 aliphatic carbocycles. The van der Waals surface area contributed by atoms with Gasteiger partial charge in [0.05, 0.1) is 0 Å². The van der Waals surface area contributed by atoms with Crippen LogP contribution < -0.4 is 0 Å². The van der Waals surface area contributed by atoms with Crippen LogP contribution in [0.3, 0.4) is 0 Å². The maximum absolute atomic E-state index is 12.2.